The van der Waals surface area contributed by atoms with E-state index < -0.39 is 30.2 Å². The number of nitrogens with zero attached hydrogens (tertiary/aromatic N) is 4. The van der Waals surface area contributed by atoms with Gasteiger partial charge in [0.25, 0.3) is 5.13 Å². The molecule has 0 saturated carbocycles. The number of imidazole rings is 1. The van der Waals surface area contributed by atoms with Gasteiger partial charge < -0.3 is 25.4 Å². The highest BCUT2D eigenvalue weighted by molar-refractivity contribution is 6.23. The highest BCUT2D eigenvalue weighted by Gasteiger charge is 2.57. The zero-order chi connectivity index (χ0) is 16.1. The van der Waals surface area contributed by atoms with Gasteiger partial charge in [-0.05, 0) is 0 Å². The van der Waals surface area contributed by atoms with Crippen molar-refractivity contribution in [1.29, 1.82) is 0 Å². The highest BCUT2D eigenvalue weighted by Crippen LogP contribution is 2.45. The molecule has 0 aliphatic carbocycles. The van der Waals surface area contributed by atoms with Gasteiger partial charge >= 0.3 is 0 Å². The number of alkyl halides is 2. The summed E-state index contributed by atoms with van der Waals surface area (Å²) in [5, 5.41) is 16.3. The summed E-state index contributed by atoms with van der Waals surface area (Å²) in [5.41, 5.74) is 5.93. The monoisotopic (exact) mass is 333 g/mol. The smallest absolute Gasteiger partial charge is 0.256 e. The Kier molecular flexibility index (Phi) is 3.56. The second kappa shape index (κ2) is 5.16. The molecule has 4 N–H and O–H groups in total. The van der Waals surface area contributed by atoms with Crippen LogP contribution < -0.4 is 10.5 Å². The molecule has 3 heterocycles. The number of halogens is 2. The summed E-state index contributed by atoms with van der Waals surface area (Å²) in [5.74, 6) is -0.0000755. The van der Waals surface area contributed by atoms with Crippen molar-refractivity contribution in [3.63, 3.8) is 0 Å². The molecule has 1 aliphatic heterocycles. The summed E-state index contributed by atoms with van der Waals surface area (Å²) in [4.78, 5) is 11.8. The number of nitrogen functional groups attached to an aromatic ring is 1. The van der Waals surface area contributed by atoms with E-state index in [9.17, 15) is 9.50 Å². The summed E-state index contributed by atoms with van der Waals surface area (Å²) in [7, 11) is 1.37. The van der Waals surface area contributed by atoms with Crippen molar-refractivity contribution in [2.24, 2.45) is 0 Å². The molecule has 1 fully saturated rings. The van der Waals surface area contributed by atoms with Crippen LogP contribution in [-0.4, -0.2) is 60.8 Å². The molecular weight excluding hydrogens is 321 g/mol. The van der Waals surface area contributed by atoms with E-state index in [2.05, 4.69) is 15.0 Å². The maximum atomic E-state index is 14.6. The van der Waals surface area contributed by atoms with Gasteiger partial charge in [0.2, 0.25) is 11.8 Å². The minimum atomic E-state index is -2.67. The molecule has 1 unspecified atom stereocenters. The molecule has 3 rings (SSSR count). The SMILES string of the molecule is COc1nc(N)nc2c1ncn2[C@@H]1O[C@H](CO)C(O)[C@]1(F)Cl. The molecule has 0 radical (unpaired) electrons. The lowest BCUT2D eigenvalue weighted by atomic mass is 10.1. The Morgan fingerprint density at radius 1 is 1.59 bits per heavy atom. The van der Waals surface area contributed by atoms with E-state index in [0.717, 1.165) is 0 Å². The molecular formula is C11H13ClFN5O4. The number of methoxy groups -OCH3 is 1. The van der Waals surface area contributed by atoms with Crippen molar-refractivity contribution >= 4 is 28.7 Å². The lowest BCUT2D eigenvalue weighted by molar-refractivity contribution is -0.0482. The number of fused-ring (bicyclic) bond motifs is 1. The fourth-order valence-electron chi connectivity index (χ4n) is 2.34. The quantitative estimate of drug-likeness (QED) is 0.645. The first-order valence-corrected chi connectivity index (χ1v) is 6.64. The molecule has 1 saturated heterocycles. The molecule has 0 bridgehead atoms. The third-order valence-electron chi connectivity index (χ3n) is 3.41. The molecule has 9 nitrogen and oxygen atoms in total. The van der Waals surface area contributed by atoms with E-state index in [1.165, 1.54) is 18.0 Å². The Bertz CT molecular complexity index is 711. The number of ether oxygens (including phenoxy) is 2. The number of rotatable bonds is 3. The first-order valence-electron chi connectivity index (χ1n) is 6.26. The zero-order valence-electron chi connectivity index (χ0n) is 11.3. The number of anilines is 1. The number of nitrogens with two attached hydrogens (primary N) is 1. The standard InChI is InChI=1S/C11H13ClFN5O4/c1-21-8-5-7(16-10(14)17-8)18(3-15-5)9-11(12,13)6(20)4(2-19)22-9/h3-4,6,9,19-20H,2H2,1H3,(H2,14,16,17)/t4-,6?,9-,11-/m1/s1. The molecule has 11 heteroatoms. The van der Waals surface area contributed by atoms with E-state index >= 15 is 0 Å². The van der Waals surface area contributed by atoms with Gasteiger partial charge in [0.15, 0.2) is 17.4 Å². The zero-order valence-corrected chi connectivity index (χ0v) is 12.1. The van der Waals surface area contributed by atoms with E-state index in [1.54, 1.807) is 0 Å². The summed E-state index contributed by atoms with van der Waals surface area (Å²) >= 11 is 5.76. The van der Waals surface area contributed by atoms with Gasteiger partial charge in [0, 0.05) is 0 Å². The predicted molar refractivity (Wildman–Crippen MR) is 73.0 cm³/mol. The number of aromatic nitrogens is 4. The summed E-state index contributed by atoms with van der Waals surface area (Å²) < 4.78 is 26.1. The minimum Gasteiger partial charge on any atom is -0.479 e. The van der Waals surface area contributed by atoms with Crippen molar-refractivity contribution in [3.8, 4) is 5.88 Å². The average Bonchev–Trinajstić information content (AvgIpc) is 2.98. The maximum absolute atomic E-state index is 14.6. The van der Waals surface area contributed by atoms with Crippen molar-refractivity contribution in [3.05, 3.63) is 6.33 Å². The number of aliphatic hydroxyl groups excluding tert-OH is 2. The van der Waals surface area contributed by atoms with Crippen LogP contribution in [0.2, 0.25) is 0 Å². The van der Waals surface area contributed by atoms with Crippen LogP contribution in [0, 0.1) is 0 Å². The summed E-state index contributed by atoms with van der Waals surface area (Å²) in [6.45, 7) is -0.594. The van der Waals surface area contributed by atoms with Crippen molar-refractivity contribution < 1.29 is 24.1 Å². The number of hydrogen-bond acceptors (Lipinski definition) is 8. The highest BCUT2D eigenvalue weighted by atomic mass is 35.5. The first kappa shape index (κ1) is 15.2. The molecule has 1 aliphatic rings. The van der Waals surface area contributed by atoms with Crippen LogP contribution in [0.5, 0.6) is 5.88 Å². The van der Waals surface area contributed by atoms with Crippen LogP contribution in [0.15, 0.2) is 6.33 Å². The van der Waals surface area contributed by atoms with Gasteiger partial charge in [-0.2, -0.15) is 9.97 Å². The van der Waals surface area contributed by atoms with Gasteiger partial charge in [-0.3, -0.25) is 4.57 Å². The Labute approximate surface area is 128 Å². The van der Waals surface area contributed by atoms with E-state index in [4.69, 9.17) is 31.9 Å². The van der Waals surface area contributed by atoms with E-state index in [-0.39, 0.29) is 23.0 Å². The molecule has 0 amide bonds. The molecule has 2 aromatic heterocycles. The third-order valence-corrected chi connectivity index (χ3v) is 3.82. The van der Waals surface area contributed by atoms with E-state index in [0.29, 0.717) is 0 Å². The largest absolute Gasteiger partial charge is 0.479 e. The van der Waals surface area contributed by atoms with Crippen LogP contribution >= 0.6 is 11.6 Å². The Morgan fingerprint density at radius 3 is 2.91 bits per heavy atom. The molecule has 0 aromatic carbocycles. The van der Waals surface area contributed by atoms with Crippen molar-refractivity contribution in [1.82, 2.24) is 19.5 Å². The van der Waals surface area contributed by atoms with Gasteiger partial charge in [-0.25, -0.2) is 9.37 Å². The second-order valence-corrected chi connectivity index (χ2v) is 5.32. The topological polar surface area (TPSA) is 129 Å². The third kappa shape index (κ3) is 2.07. The van der Waals surface area contributed by atoms with Crippen molar-refractivity contribution in [2.45, 2.75) is 23.6 Å². The molecule has 2 aromatic rings. The van der Waals surface area contributed by atoms with Gasteiger partial charge in [0.1, 0.15) is 12.2 Å². The average molecular weight is 334 g/mol. The Balaban J connectivity index is 2.13. The van der Waals surface area contributed by atoms with Gasteiger partial charge in [0.05, 0.1) is 20.0 Å². The molecule has 120 valence electrons. The number of hydrogen-bond donors (Lipinski definition) is 3. The normalized spacial score (nSPS) is 31.8. The van der Waals surface area contributed by atoms with Crippen LogP contribution in [0.1, 0.15) is 6.23 Å². The summed E-state index contributed by atoms with van der Waals surface area (Å²) in [6.07, 6.45) is -3.13. The molecule has 4 atom stereocenters. The fourth-order valence-corrected chi connectivity index (χ4v) is 2.64. The summed E-state index contributed by atoms with van der Waals surface area (Å²) in [6, 6.07) is 0. The van der Waals surface area contributed by atoms with Crippen LogP contribution in [0.4, 0.5) is 10.3 Å². The lowest BCUT2D eigenvalue weighted by Crippen LogP contribution is -2.38. The minimum absolute atomic E-state index is 0.109. The predicted octanol–water partition coefficient (Wildman–Crippen LogP) is -0.428. The van der Waals surface area contributed by atoms with Crippen molar-refractivity contribution in [2.75, 3.05) is 19.5 Å². The number of aliphatic hydroxyl groups is 2. The first-order chi connectivity index (χ1) is 10.4. The molecule has 22 heavy (non-hydrogen) atoms. The van der Waals surface area contributed by atoms with Gasteiger partial charge in [-0.15, -0.1) is 0 Å². The maximum Gasteiger partial charge on any atom is 0.256 e. The van der Waals surface area contributed by atoms with Crippen LogP contribution in [0.3, 0.4) is 0 Å². The van der Waals surface area contributed by atoms with Crippen LogP contribution in [-0.2, 0) is 4.74 Å². The van der Waals surface area contributed by atoms with Gasteiger partial charge in [-0.1, -0.05) is 11.6 Å². The Hall–Kier alpha value is -1.75. The Morgan fingerprint density at radius 2 is 2.32 bits per heavy atom. The second-order valence-electron chi connectivity index (χ2n) is 4.74. The van der Waals surface area contributed by atoms with E-state index in [1.807, 2.05) is 0 Å². The van der Waals surface area contributed by atoms with Crippen LogP contribution in [0.25, 0.3) is 11.2 Å². The fraction of sp³-hybridized carbons (Fsp3) is 0.545. The lowest BCUT2D eigenvalue weighted by Gasteiger charge is -2.22. The molecule has 0 spiro atoms.